The summed E-state index contributed by atoms with van der Waals surface area (Å²) in [6.07, 6.45) is -4.46. The van der Waals surface area contributed by atoms with Gasteiger partial charge in [-0.25, -0.2) is 0 Å². The SMILES string of the molecule is Nc1ccc(Oc2ccccc2C(F)(F)F)c(Br)c1. The van der Waals surface area contributed by atoms with Gasteiger partial charge in [0.1, 0.15) is 11.5 Å². The molecule has 0 saturated carbocycles. The number of nitrogen functional groups attached to an aromatic ring is 1. The molecule has 2 nitrogen and oxygen atoms in total. The van der Waals surface area contributed by atoms with Gasteiger partial charge in [-0.1, -0.05) is 12.1 Å². The molecule has 0 aliphatic carbocycles. The summed E-state index contributed by atoms with van der Waals surface area (Å²) >= 11 is 3.19. The fourth-order valence-electron chi connectivity index (χ4n) is 1.51. The molecule has 0 aromatic heterocycles. The predicted octanol–water partition coefficient (Wildman–Crippen LogP) is 4.84. The Bertz CT molecular complexity index is 599. The molecule has 2 aromatic rings. The average molecular weight is 332 g/mol. The fraction of sp³-hybridized carbons (Fsp3) is 0.0769. The Morgan fingerprint density at radius 3 is 2.32 bits per heavy atom. The molecule has 2 N–H and O–H groups in total. The lowest BCUT2D eigenvalue weighted by molar-refractivity contribution is -0.138. The Hall–Kier alpha value is -1.69. The second kappa shape index (κ2) is 5.13. The molecule has 0 fully saturated rings. The zero-order valence-corrected chi connectivity index (χ0v) is 11.1. The molecule has 0 spiro atoms. The van der Waals surface area contributed by atoms with Crippen LogP contribution in [0, 0.1) is 0 Å². The van der Waals surface area contributed by atoms with Gasteiger partial charge in [-0.05, 0) is 46.3 Å². The summed E-state index contributed by atoms with van der Waals surface area (Å²) in [6, 6.07) is 9.66. The van der Waals surface area contributed by atoms with Crippen molar-refractivity contribution in [3.05, 3.63) is 52.5 Å². The molecule has 2 aromatic carbocycles. The first-order valence-electron chi connectivity index (χ1n) is 5.27. The number of ether oxygens (including phenoxy) is 1. The van der Waals surface area contributed by atoms with Gasteiger partial charge < -0.3 is 10.5 Å². The van der Waals surface area contributed by atoms with Crippen molar-refractivity contribution < 1.29 is 17.9 Å². The Morgan fingerprint density at radius 2 is 1.68 bits per heavy atom. The first-order chi connectivity index (χ1) is 8.88. The number of hydrogen-bond donors (Lipinski definition) is 1. The number of para-hydroxylation sites is 1. The highest BCUT2D eigenvalue weighted by atomic mass is 79.9. The highest BCUT2D eigenvalue weighted by Gasteiger charge is 2.34. The van der Waals surface area contributed by atoms with Crippen LogP contribution in [0.15, 0.2) is 46.9 Å². The van der Waals surface area contributed by atoms with Gasteiger partial charge in [0.15, 0.2) is 0 Å². The lowest BCUT2D eigenvalue weighted by Crippen LogP contribution is -2.06. The molecule has 0 heterocycles. The maximum atomic E-state index is 12.8. The van der Waals surface area contributed by atoms with E-state index in [-0.39, 0.29) is 11.5 Å². The number of anilines is 1. The number of rotatable bonds is 2. The van der Waals surface area contributed by atoms with Crippen LogP contribution in [0.3, 0.4) is 0 Å². The lowest BCUT2D eigenvalue weighted by atomic mass is 10.2. The molecule has 0 atom stereocenters. The number of nitrogens with two attached hydrogens (primary N) is 1. The van der Waals surface area contributed by atoms with Gasteiger partial charge in [0, 0.05) is 5.69 Å². The van der Waals surface area contributed by atoms with Crippen molar-refractivity contribution in [3.63, 3.8) is 0 Å². The van der Waals surface area contributed by atoms with E-state index >= 15 is 0 Å². The molecule has 6 heteroatoms. The molecule has 0 radical (unpaired) electrons. The van der Waals surface area contributed by atoms with Gasteiger partial charge in [-0.15, -0.1) is 0 Å². The van der Waals surface area contributed by atoms with Gasteiger partial charge in [0.25, 0.3) is 0 Å². The highest BCUT2D eigenvalue weighted by molar-refractivity contribution is 9.10. The predicted molar refractivity (Wildman–Crippen MR) is 70.1 cm³/mol. The van der Waals surface area contributed by atoms with E-state index in [2.05, 4.69) is 15.9 Å². The lowest BCUT2D eigenvalue weighted by Gasteiger charge is -2.14. The van der Waals surface area contributed by atoms with E-state index in [9.17, 15) is 13.2 Å². The number of alkyl halides is 3. The van der Waals surface area contributed by atoms with E-state index in [0.29, 0.717) is 10.2 Å². The zero-order valence-electron chi connectivity index (χ0n) is 9.54. The maximum Gasteiger partial charge on any atom is 0.419 e. The van der Waals surface area contributed by atoms with Crippen molar-refractivity contribution in [2.45, 2.75) is 6.18 Å². The minimum Gasteiger partial charge on any atom is -0.456 e. The summed E-state index contributed by atoms with van der Waals surface area (Å²) in [6.45, 7) is 0. The van der Waals surface area contributed by atoms with E-state index in [1.165, 1.54) is 24.3 Å². The summed E-state index contributed by atoms with van der Waals surface area (Å²) in [5, 5.41) is 0. The molecule has 0 aliphatic heterocycles. The average Bonchev–Trinajstić information content (AvgIpc) is 2.32. The maximum absolute atomic E-state index is 12.8. The molecular formula is C13H9BrF3NO. The second-order valence-corrected chi connectivity index (χ2v) is 4.64. The van der Waals surface area contributed by atoms with Crippen LogP contribution in [0.5, 0.6) is 11.5 Å². The number of benzene rings is 2. The normalized spacial score (nSPS) is 11.4. The summed E-state index contributed by atoms with van der Waals surface area (Å²) in [4.78, 5) is 0. The molecule has 100 valence electrons. The van der Waals surface area contributed by atoms with E-state index < -0.39 is 11.7 Å². The molecule has 0 aliphatic rings. The Morgan fingerprint density at radius 1 is 1.00 bits per heavy atom. The first-order valence-corrected chi connectivity index (χ1v) is 6.06. The van der Waals surface area contributed by atoms with E-state index in [4.69, 9.17) is 10.5 Å². The molecule has 2 rings (SSSR count). The quantitative estimate of drug-likeness (QED) is 0.799. The van der Waals surface area contributed by atoms with Crippen LogP contribution in [0.2, 0.25) is 0 Å². The minimum absolute atomic E-state index is 0.250. The summed E-state index contributed by atoms with van der Waals surface area (Å²) in [5.41, 5.74) is 5.22. The monoisotopic (exact) mass is 331 g/mol. The van der Waals surface area contributed by atoms with Crippen molar-refractivity contribution in [2.24, 2.45) is 0 Å². The zero-order chi connectivity index (χ0) is 14.0. The van der Waals surface area contributed by atoms with Crippen LogP contribution < -0.4 is 10.5 Å². The van der Waals surface area contributed by atoms with Gasteiger partial charge in [0.2, 0.25) is 0 Å². The van der Waals surface area contributed by atoms with Gasteiger partial charge in [0.05, 0.1) is 10.0 Å². The smallest absolute Gasteiger partial charge is 0.419 e. The standard InChI is InChI=1S/C13H9BrF3NO/c14-10-7-8(18)5-6-12(10)19-11-4-2-1-3-9(11)13(15,16)17/h1-7H,18H2. The summed E-state index contributed by atoms with van der Waals surface area (Å²) in [7, 11) is 0. The second-order valence-electron chi connectivity index (χ2n) is 3.79. The van der Waals surface area contributed by atoms with Crippen molar-refractivity contribution >= 4 is 21.6 Å². The third-order valence-corrected chi connectivity index (χ3v) is 2.99. The Balaban J connectivity index is 2.39. The van der Waals surface area contributed by atoms with Gasteiger partial charge in [-0.3, -0.25) is 0 Å². The third kappa shape index (κ3) is 3.20. The van der Waals surface area contributed by atoms with Gasteiger partial charge >= 0.3 is 6.18 Å². The topological polar surface area (TPSA) is 35.2 Å². The summed E-state index contributed by atoms with van der Waals surface area (Å²) in [5.74, 6) is 0.0198. The molecule has 0 bridgehead atoms. The van der Waals surface area contributed by atoms with Crippen molar-refractivity contribution in [3.8, 4) is 11.5 Å². The van der Waals surface area contributed by atoms with Crippen molar-refractivity contribution in [1.82, 2.24) is 0 Å². The fourth-order valence-corrected chi connectivity index (χ4v) is 1.99. The summed E-state index contributed by atoms with van der Waals surface area (Å²) < 4.78 is 44.2. The number of hydrogen-bond acceptors (Lipinski definition) is 2. The Labute approximate surface area is 116 Å². The minimum atomic E-state index is -4.46. The van der Waals surface area contributed by atoms with Crippen molar-refractivity contribution in [1.29, 1.82) is 0 Å². The molecule has 0 unspecified atom stereocenters. The van der Waals surface area contributed by atoms with E-state index in [1.54, 1.807) is 12.1 Å². The van der Waals surface area contributed by atoms with Crippen LogP contribution in [0.25, 0.3) is 0 Å². The van der Waals surface area contributed by atoms with Crippen LogP contribution in [0.4, 0.5) is 18.9 Å². The van der Waals surface area contributed by atoms with Crippen molar-refractivity contribution in [2.75, 3.05) is 5.73 Å². The largest absolute Gasteiger partial charge is 0.456 e. The van der Waals surface area contributed by atoms with Crippen LogP contribution >= 0.6 is 15.9 Å². The molecule has 0 saturated heterocycles. The van der Waals surface area contributed by atoms with E-state index in [0.717, 1.165) is 6.07 Å². The Kier molecular flexibility index (Phi) is 3.71. The van der Waals surface area contributed by atoms with Gasteiger partial charge in [-0.2, -0.15) is 13.2 Å². The first kappa shape index (κ1) is 13.7. The molecule has 0 amide bonds. The number of halogens is 4. The van der Waals surface area contributed by atoms with Crippen LogP contribution in [0.1, 0.15) is 5.56 Å². The van der Waals surface area contributed by atoms with Crippen LogP contribution in [-0.2, 0) is 6.18 Å². The third-order valence-electron chi connectivity index (χ3n) is 2.37. The van der Waals surface area contributed by atoms with Crippen LogP contribution in [-0.4, -0.2) is 0 Å². The molecule has 19 heavy (non-hydrogen) atoms. The highest BCUT2D eigenvalue weighted by Crippen LogP contribution is 2.39. The van der Waals surface area contributed by atoms with E-state index in [1.807, 2.05) is 0 Å². The molecular weight excluding hydrogens is 323 g/mol.